The van der Waals surface area contributed by atoms with Gasteiger partial charge in [-0.05, 0) is 19.8 Å². The van der Waals surface area contributed by atoms with E-state index < -0.39 is 0 Å². The maximum absolute atomic E-state index is 12.5. The van der Waals surface area contributed by atoms with Crippen LogP contribution in [-0.4, -0.2) is 38.7 Å². The molecule has 0 bridgehead atoms. The lowest BCUT2D eigenvalue weighted by atomic mass is 9.98. The summed E-state index contributed by atoms with van der Waals surface area (Å²) in [6.07, 6.45) is 3.82. The van der Waals surface area contributed by atoms with Crippen LogP contribution in [0.15, 0.2) is 22.9 Å². The van der Waals surface area contributed by atoms with Gasteiger partial charge in [0, 0.05) is 38.3 Å². The van der Waals surface area contributed by atoms with Gasteiger partial charge in [-0.3, -0.25) is 9.48 Å². The third kappa shape index (κ3) is 4.59. The summed E-state index contributed by atoms with van der Waals surface area (Å²) in [6, 6.07) is 1.78. The maximum Gasteiger partial charge on any atom is 0.247 e. The monoisotopic (exact) mass is 457 g/mol. The topological polar surface area (TPSA) is 101 Å². The number of amides is 1. The Hall–Kier alpha value is -3.01. The summed E-state index contributed by atoms with van der Waals surface area (Å²) in [4.78, 5) is 23.6. The highest BCUT2D eigenvalue weighted by Crippen LogP contribution is 2.36. The fraction of sp³-hybridized carbons (Fsp3) is 0.455. The standard InChI is InChI=1S/C22H29N7O2.H2S/c1-12(2)21-22(30)27-20-13(3)25-19(7-18(20)28(21)6)23-8-16-9-24-29(10-16)11-17-14(4)31-15(5)26-17;/h7,9-10,12,21H,8,11H2,1-6H3,(H,23,25)(H,27,30);1H2/t21-;/m0./s1. The summed E-state index contributed by atoms with van der Waals surface area (Å²) in [5, 5.41) is 10.8. The Morgan fingerprint density at radius 2 is 2.00 bits per heavy atom. The Morgan fingerprint density at radius 3 is 2.66 bits per heavy atom. The van der Waals surface area contributed by atoms with E-state index in [0.29, 0.717) is 19.0 Å². The normalized spacial score (nSPS) is 15.4. The minimum atomic E-state index is -0.205. The summed E-state index contributed by atoms with van der Waals surface area (Å²) in [5.74, 6) is 2.46. The smallest absolute Gasteiger partial charge is 0.247 e. The van der Waals surface area contributed by atoms with Gasteiger partial charge in [0.15, 0.2) is 5.89 Å². The molecule has 0 radical (unpaired) electrons. The number of hydrogen-bond donors (Lipinski definition) is 2. The number of rotatable bonds is 6. The number of carbonyl (C=O) groups excluding carboxylic acids is 1. The first-order valence-corrected chi connectivity index (χ1v) is 10.5. The molecule has 3 aromatic heterocycles. The van der Waals surface area contributed by atoms with Crippen molar-refractivity contribution in [2.45, 2.75) is 53.8 Å². The van der Waals surface area contributed by atoms with Crippen molar-refractivity contribution in [2.75, 3.05) is 22.6 Å². The minimum absolute atomic E-state index is 0. The number of fused-ring (bicyclic) bond motifs is 1. The van der Waals surface area contributed by atoms with Gasteiger partial charge in [-0.25, -0.2) is 9.97 Å². The largest absolute Gasteiger partial charge is 0.446 e. The van der Waals surface area contributed by atoms with E-state index in [1.54, 1.807) is 0 Å². The first-order chi connectivity index (χ1) is 14.7. The van der Waals surface area contributed by atoms with E-state index in [1.165, 1.54) is 0 Å². The number of aromatic nitrogens is 4. The van der Waals surface area contributed by atoms with E-state index >= 15 is 0 Å². The molecule has 172 valence electrons. The molecule has 0 saturated carbocycles. The van der Waals surface area contributed by atoms with Crippen molar-refractivity contribution in [3.05, 3.63) is 47.1 Å². The van der Waals surface area contributed by atoms with Crippen LogP contribution in [0.4, 0.5) is 17.2 Å². The number of likely N-dealkylation sites (N-methyl/N-ethyl adjacent to an activating group) is 1. The number of nitrogens with zero attached hydrogens (tertiary/aromatic N) is 5. The van der Waals surface area contributed by atoms with Crippen molar-refractivity contribution in [1.82, 2.24) is 19.7 Å². The molecule has 4 rings (SSSR count). The molecule has 10 heteroatoms. The number of carbonyl (C=O) groups is 1. The molecule has 1 amide bonds. The maximum atomic E-state index is 12.5. The number of hydrogen-bond acceptors (Lipinski definition) is 7. The highest BCUT2D eigenvalue weighted by atomic mass is 32.1. The highest BCUT2D eigenvalue weighted by Gasteiger charge is 2.34. The van der Waals surface area contributed by atoms with Gasteiger partial charge >= 0.3 is 0 Å². The zero-order valence-electron chi connectivity index (χ0n) is 19.4. The van der Waals surface area contributed by atoms with Crippen molar-refractivity contribution in [2.24, 2.45) is 5.92 Å². The van der Waals surface area contributed by atoms with E-state index in [1.807, 2.05) is 55.9 Å². The number of oxazole rings is 1. The average Bonchev–Trinajstić information content (AvgIpc) is 3.26. The summed E-state index contributed by atoms with van der Waals surface area (Å²) < 4.78 is 7.34. The van der Waals surface area contributed by atoms with Crippen LogP contribution in [0.25, 0.3) is 0 Å². The Bertz CT molecular complexity index is 1120. The predicted molar refractivity (Wildman–Crippen MR) is 130 cm³/mol. The molecule has 1 aliphatic heterocycles. The van der Waals surface area contributed by atoms with Crippen molar-refractivity contribution in [3.63, 3.8) is 0 Å². The van der Waals surface area contributed by atoms with Gasteiger partial charge in [0.25, 0.3) is 0 Å². The lowest BCUT2D eigenvalue weighted by Crippen LogP contribution is -2.49. The quantitative estimate of drug-likeness (QED) is 0.585. The second kappa shape index (κ2) is 9.23. The molecule has 0 saturated heterocycles. The fourth-order valence-corrected chi connectivity index (χ4v) is 4.10. The van der Waals surface area contributed by atoms with Crippen LogP contribution in [0.5, 0.6) is 0 Å². The van der Waals surface area contributed by atoms with Crippen LogP contribution >= 0.6 is 13.5 Å². The zero-order chi connectivity index (χ0) is 22.3. The summed E-state index contributed by atoms with van der Waals surface area (Å²) in [5.41, 5.74) is 4.46. The predicted octanol–water partition coefficient (Wildman–Crippen LogP) is 3.38. The molecule has 0 unspecified atom stereocenters. The third-order valence-electron chi connectivity index (χ3n) is 5.60. The molecular weight excluding hydrogens is 426 g/mol. The van der Waals surface area contributed by atoms with Gasteiger partial charge < -0.3 is 20.0 Å². The number of aryl methyl sites for hydroxylation is 3. The zero-order valence-corrected chi connectivity index (χ0v) is 20.4. The van der Waals surface area contributed by atoms with Crippen molar-refractivity contribution in [3.8, 4) is 0 Å². The first-order valence-electron chi connectivity index (χ1n) is 10.5. The van der Waals surface area contributed by atoms with Gasteiger partial charge in [-0.2, -0.15) is 18.6 Å². The minimum Gasteiger partial charge on any atom is -0.446 e. The SMILES string of the molecule is Cc1nc(Cn2cc(CNc3cc4c(c(C)n3)NC(=O)[C@H](C(C)C)N4C)cn2)c(C)o1.S. The molecule has 0 fully saturated rings. The molecule has 1 atom stereocenters. The Kier molecular flexibility index (Phi) is 6.82. The van der Waals surface area contributed by atoms with Crippen molar-refractivity contribution < 1.29 is 9.21 Å². The Balaban J connectivity index is 0.00000289. The van der Waals surface area contributed by atoms with Crippen LogP contribution in [-0.2, 0) is 17.9 Å². The van der Waals surface area contributed by atoms with Crippen LogP contribution in [0, 0.1) is 26.7 Å². The van der Waals surface area contributed by atoms with Gasteiger partial charge in [-0.1, -0.05) is 13.8 Å². The number of anilines is 3. The van der Waals surface area contributed by atoms with Crippen LogP contribution < -0.4 is 15.5 Å². The highest BCUT2D eigenvalue weighted by molar-refractivity contribution is 7.59. The average molecular weight is 458 g/mol. The lowest BCUT2D eigenvalue weighted by Gasteiger charge is -2.38. The molecule has 1 aliphatic rings. The molecule has 0 aromatic carbocycles. The van der Waals surface area contributed by atoms with Crippen molar-refractivity contribution >= 4 is 36.6 Å². The molecule has 3 aromatic rings. The Morgan fingerprint density at radius 1 is 1.25 bits per heavy atom. The summed E-state index contributed by atoms with van der Waals surface area (Å²) in [6.45, 7) is 10.9. The van der Waals surface area contributed by atoms with E-state index in [9.17, 15) is 4.79 Å². The van der Waals surface area contributed by atoms with Gasteiger partial charge in [-0.15, -0.1) is 0 Å². The van der Waals surface area contributed by atoms with Crippen LogP contribution in [0.3, 0.4) is 0 Å². The third-order valence-corrected chi connectivity index (χ3v) is 5.60. The van der Waals surface area contributed by atoms with Gasteiger partial charge in [0.05, 0.1) is 29.8 Å². The fourth-order valence-electron chi connectivity index (χ4n) is 4.10. The lowest BCUT2D eigenvalue weighted by molar-refractivity contribution is -0.118. The molecular formula is C22H31N7O2S. The van der Waals surface area contributed by atoms with E-state index in [2.05, 4.69) is 39.5 Å². The molecule has 2 N–H and O–H groups in total. The molecule has 4 heterocycles. The second-order valence-corrected chi connectivity index (χ2v) is 8.41. The molecule has 0 spiro atoms. The Labute approximate surface area is 195 Å². The van der Waals surface area contributed by atoms with E-state index in [0.717, 1.165) is 39.9 Å². The molecule has 32 heavy (non-hydrogen) atoms. The van der Waals surface area contributed by atoms with E-state index in [4.69, 9.17) is 4.42 Å². The molecule has 0 aliphatic carbocycles. The van der Waals surface area contributed by atoms with Crippen LogP contribution in [0.1, 0.15) is 42.4 Å². The van der Waals surface area contributed by atoms with E-state index in [-0.39, 0.29) is 31.4 Å². The molecule has 9 nitrogen and oxygen atoms in total. The summed E-state index contributed by atoms with van der Waals surface area (Å²) in [7, 11) is 1.96. The van der Waals surface area contributed by atoms with Crippen LogP contribution in [0.2, 0.25) is 0 Å². The second-order valence-electron chi connectivity index (χ2n) is 8.41. The first kappa shape index (κ1) is 23.6. The number of pyridine rings is 1. The van der Waals surface area contributed by atoms with Gasteiger partial charge in [0.2, 0.25) is 5.91 Å². The van der Waals surface area contributed by atoms with Crippen molar-refractivity contribution in [1.29, 1.82) is 0 Å². The summed E-state index contributed by atoms with van der Waals surface area (Å²) >= 11 is 0. The number of nitrogens with one attached hydrogen (secondary N) is 2. The van der Waals surface area contributed by atoms with Gasteiger partial charge in [0.1, 0.15) is 23.3 Å².